The molecule has 2 aromatic heterocycles. The van der Waals surface area contributed by atoms with Crippen LogP contribution in [0.15, 0.2) is 57.4 Å². The third-order valence-corrected chi connectivity index (χ3v) is 5.81. The summed E-state index contributed by atoms with van der Waals surface area (Å²) in [5.74, 6) is 0.200. The smallest absolute Gasteiger partial charge is 0.266 e. The van der Waals surface area contributed by atoms with Crippen molar-refractivity contribution in [1.29, 1.82) is 0 Å². The van der Waals surface area contributed by atoms with Crippen molar-refractivity contribution < 1.29 is 17.7 Å². The maximum absolute atomic E-state index is 12.9. The molecule has 0 aliphatic rings. The molecule has 0 fully saturated rings. The molecule has 0 spiro atoms. The first kappa shape index (κ1) is 17.1. The quantitative estimate of drug-likeness (QED) is 0.705. The first-order valence-corrected chi connectivity index (χ1v) is 9.49. The lowest BCUT2D eigenvalue weighted by Gasteiger charge is -2.20. The zero-order chi connectivity index (χ0) is 17.9. The standard InChI is InChI=1S/C15H14N4O4S2/c1-11-9-13(18-23-11)17-14(20)10-19(15-16-7-8-24-15)25(21,22)12-5-3-2-4-6-12/h2-9H,10H2,1H3,(H,17,18,20). The molecular formula is C15H14N4O4S2. The fourth-order valence-electron chi connectivity index (χ4n) is 2.05. The molecule has 3 rings (SSSR count). The summed E-state index contributed by atoms with van der Waals surface area (Å²) in [4.78, 5) is 16.4. The number of thiazole rings is 1. The average molecular weight is 378 g/mol. The number of sulfonamides is 1. The third-order valence-electron chi connectivity index (χ3n) is 3.15. The van der Waals surface area contributed by atoms with Gasteiger partial charge in [0.15, 0.2) is 10.9 Å². The molecule has 130 valence electrons. The fourth-order valence-corrected chi connectivity index (χ4v) is 4.32. The summed E-state index contributed by atoms with van der Waals surface area (Å²) in [6.45, 7) is 1.25. The van der Waals surface area contributed by atoms with E-state index < -0.39 is 22.5 Å². The molecule has 0 radical (unpaired) electrons. The monoisotopic (exact) mass is 378 g/mol. The van der Waals surface area contributed by atoms with Crippen molar-refractivity contribution in [3.05, 3.63) is 53.7 Å². The molecule has 10 heteroatoms. The summed E-state index contributed by atoms with van der Waals surface area (Å²) in [5, 5.41) is 8.01. The number of carbonyl (C=O) groups excluding carboxylic acids is 1. The normalized spacial score (nSPS) is 11.2. The maximum Gasteiger partial charge on any atom is 0.266 e. The summed E-state index contributed by atoms with van der Waals surface area (Å²) in [6, 6.07) is 9.42. The van der Waals surface area contributed by atoms with Crippen LogP contribution in [0.5, 0.6) is 0 Å². The highest BCUT2D eigenvalue weighted by atomic mass is 32.2. The van der Waals surface area contributed by atoms with Crippen molar-refractivity contribution in [2.75, 3.05) is 16.2 Å². The molecule has 25 heavy (non-hydrogen) atoms. The zero-order valence-corrected chi connectivity index (χ0v) is 14.8. The van der Waals surface area contributed by atoms with Crippen LogP contribution in [-0.2, 0) is 14.8 Å². The molecule has 0 saturated heterocycles. The van der Waals surface area contributed by atoms with Crippen molar-refractivity contribution in [1.82, 2.24) is 10.1 Å². The van der Waals surface area contributed by atoms with Gasteiger partial charge in [0, 0.05) is 17.6 Å². The summed E-state index contributed by atoms with van der Waals surface area (Å²) in [5.41, 5.74) is 0. The van der Waals surface area contributed by atoms with Gasteiger partial charge in [-0.3, -0.25) is 4.79 Å². The summed E-state index contributed by atoms with van der Waals surface area (Å²) in [6.07, 6.45) is 1.48. The number of hydrogen-bond donors (Lipinski definition) is 1. The minimum Gasteiger partial charge on any atom is -0.360 e. The molecule has 0 aliphatic carbocycles. The van der Waals surface area contributed by atoms with Crippen LogP contribution in [0.3, 0.4) is 0 Å². The van der Waals surface area contributed by atoms with Crippen LogP contribution >= 0.6 is 11.3 Å². The lowest BCUT2D eigenvalue weighted by molar-refractivity contribution is -0.114. The molecule has 0 atom stereocenters. The second-order valence-electron chi connectivity index (χ2n) is 5.01. The highest BCUT2D eigenvalue weighted by molar-refractivity contribution is 7.93. The van der Waals surface area contributed by atoms with Crippen molar-refractivity contribution in [2.45, 2.75) is 11.8 Å². The fraction of sp³-hybridized carbons (Fsp3) is 0.133. The van der Waals surface area contributed by atoms with Gasteiger partial charge in [-0.15, -0.1) is 11.3 Å². The van der Waals surface area contributed by atoms with Gasteiger partial charge in [0.2, 0.25) is 5.91 Å². The largest absolute Gasteiger partial charge is 0.360 e. The number of aromatic nitrogens is 2. The minimum absolute atomic E-state index is 0.0790. The molecule has 2 heterocycles. The van der Waals surface area contributed by atoms with E-state index in [4.69, 9.17) is 4.52 Å². The van der Waals surface area contributed by atoms with E-state index in [9.17, 15) is 13.2 Å². The Kier molecular flexibility index (Phi) is 4.81. The van der Waals surface area contributed by atoms with Crippen molar-refractivity contribution in [2.24, 2.45) is 0 Å². The van der Waals surface area contributed by atoms with E-state index in [1.54, 1.807) is 30.5 Å². The lowest BCUT2D eigenvalue weighted by Crippen LogP contribution is -2.38. The Morgan fingerprint density at radius 1 is 1.32 bits per heavy atom. The number of hydrogen-bond acceptors (Lipinski definition) is 7. The lowest BCUT2D eigenvalue weighted by atomic mass is 10.4. The zero-order valence-electron chi connectivity index (χ0n) is 13.1. The molecular weight excluding hydrogens is 364 g/mol. The third kappa shape index (κ3) is 3.86. The van der Waals surface area contributed by atoms with Gasteiger partial charge < -0.3 is 9.84 Å². The van der Waals surface area contributed by atoms with Gasteiger partial charge in [0.25, 0.3) is 10.0 Å². The van der Waals surface area contributed by atoms with Crippen LogP contribution in [0.25, 0.3) is 0 Å². The molecule has 8 nitrogen and oxygen atoms in total. The van der Waals surface area contributed by atoms with E-state index in [1.165, 1.54) is 24.4 Å². The number of rotatable bonds is 6. The Morgan fingerprint density at radius 2 is 2.08 bits per heavy atom. The molecule has 0 aliphatic heterocycles. The van der Waals surface area contributed by atoms with Crippen LogP contribution in [0.1, 0.15) is 5.76 Å². The second kappa shape index (κ2) is 7.03. The highest BCUT2D eigenvalue weighted by Crippen LogP contribution is 2.25. The van der Waals surface area contributed by atoms with Crippen molar-refractivity contribution in [3.63, 3.8) is 0 Å². The Hall–Kier alpha value is -2.72. The number of aryl methyl sites for hydroxylation is 1. The van der Waals surface area contributed by atoms with Crippen LogP contribution in [0, 0.1) is 6.92 Å². The van der Waals surface area contributed by atoms with Gasteiger partial charge in [0.05, 0.1) is 4.90 Å². The Bertz CT molecular complexity index is 953. The summed E-state index contributed by atoms with van der Waals surface area (Å²) in [7, 11) is -3.93. The maximum atomic E-state index is 12.9. The van der Waals surface area contributed by atoms with E-state index >= 15 is 0 Å². The highest BCUT2D eigenvalue weighted by Gasteiger charge is 2.29. The first-order valence-electron chi connectivity index (χ1n) is 7.17. The SMILES string of the molecule is Cc1cc(NC(=O)CN(c2nccs2)S(=O)(=O)c2ccccc2)no1. The van der Waals surface area contributed by atoms with Crippen molar-refractivity contribution in [3.8, 4) is 0 Å². The molecule has 1 amide bonds. The van der Waals surface area contributed by atoms with E-state index in [1.807, 2.05) is 0 Å². The number of benzene rings is 1. The Morgan fingerprint density at radius 3 is 2.68 bits per heavy atom. The number of nitrogens with zero attached hydrogens (tertiary/aromatic N) is 3. The van der Waals surface area contributed by atoms with Gasteiger partial charge >= 0.3 is 0 Å². The predicted molar refractivity (Wildman–Crippen MR) is 93.0 cm³/mol. The first-order chi connectivity index (χ1) is 12.0. The molecule has 1 N–H and O–H groups in total. The van der Waals surface area contributed by atoms with Gasteiger partial charge in [-0.2, -0.15) is 0 Å². The number of amides is 1. The Balaban J connectivity index is 1.87. The van der Waals surface area contributed by atoms with Crippen LogP contribution < -0.4 is 9.62 Å². The molecule has 1 aromatic carbocycles. The van der Waals surface area contributed by atoms with Crippen LogP contribution in [0.4, 0.5) is 10.9 Å². The van der Waals surface area contributed by atoms with Crippen LogP contribution in [-0.4, -0.2) is 31.0 Å². The number of anilines is 2. The molecule has 0 unspecified atom stereocenters. The van der Waals surface area contributed by atoms with Gasteiger partial charge in [-0.05, 0) is 19.1 Å². The second-order valence-corrected chi connectivity index (χ2v) is 7.75. The van der Waals surface area contributed by atoms with E-state index in [0.717, 1.165) is 15.6 Å². The van der Waals surface area contributed by atoms with E-state index in [0.29, 0.717) is 5.76 Å². The predicted octanol–water partition coefficient (Wildman–Crippen LogP) is 2.27. The Labute approximate surface area is 148 Å². The molecule has 3 aromatic rings. The number of carbonyl (C=O) groups is 1. The molecule has 0 saturated carbocycles. The summed E-state index contributed by atoms with van der Waals surface area (Å²) < 4.78 is 31.6. The number of nitrogens with one attached hydrogen (secondary N) is 1. The average Bonchev–Trinajstić information content (AvgIpc) is 3.25. The van der Waals surface area contributed by atoms with Gasteiger partial charge in [-0.1, -0.05) is 23.4 Å². The van der Waals surface area contributed by atoms with Gasteiger partial charge in [0.1, 0.15) is 12.3 Å². The van der Waals surface area contributed by atoms with Crippen molar-refractivity contribution >= 4 is 38.2 Å². The van der Waals surface area contributed by atoms with E-state index in [2.05, 4.69) is 15.5 Å². The van der Waals surface area contributed by atoms with Gasteiger partial charge in [-0.25, -0.2) is 17.7 Å². The van der Waals surface area contributed by atoms with Crippen LogP contribution in [0.2, 0.25) is 0 Å². The minimum atomic E-state index is -3.93. The molecule has 0 bridgehead atoms. The van der Waals surface area contributed by atoms with E-state index in [-0.39, 0.29) is 15.8 Å². The topological polar surface area (TPSA) is 105 Å². The summed E-state index contributed by atoms with van der Waals surface area (Å²) >= 11 is 1.13.